The van der Waals surface area contributed by atoms with E-state index in [1.807, 2.05) is 13.8 Å². The van der Waals surface area contributed by atoms with Crippen molar-refractivity contribution in [3.8, 4) is 0 Å². The zero-order valence-corrected chi connectivity index (χ0v) is 16.3. The Balaban J connectivity index is 3.55. The Morgan fingerprint density at radius 3 is 1.33 bits per heavy atom. The van der Waals surface area contributed by atoms with Crippen LogP contribution in [0.2, 0.25) is 0 Å². The van der Waals surface area contributed by atoms with Crippen molar-refractivity contribution in [2.24, 2.45) is 0 Å². The van der Waals surface area contributed by atoms with Crippen LogP contribution in [0.1, 0.15) is 26.7 Å². The summed E-state index contributed by atoms with van der Waals surface area (Å²) in [4.78, 5) is 22.7. The van der Waals surface area contributed by atoms with Crippen molar-refractivity contribution < 1.29 is 33.3 Å². The molecule has 0 N–H and O–H groups in total. The van der Waals surface area contributed by atoms with Crippen LogP contribution >= 0.6 is 0 Å². The van der Waals surface area contributed by atoms with E-state index in [1.165, 1.54) is 0 Å². The zero-order chi connectivity index (χ0) is 20.7. The van der Waals surface area contributed by atoms with Gasteiger partial charge in [-0.1, -0.05) is 37.5 Å². The summed E-state index contributed by atoms with van der Waals surface area (Å²) in [5, 5.41) is 0. The van der Waals surface area contributed by atoms with E-state index in [-0.39, 0.29) is 39.6 Å². The van der Waals surface area contributed by atoms with Gasteiger partial charge >= 0.3 is 12.3 Å². The Morgan fingerprint density at radius 1 is 0.630 bits per heavy atom. The largest absolute Gasteiger partial charge is 0.508 e. The third-order valence-electron chi connectivity index (χ3n) is 2.79. The Bertz CT molecular complexity index is 501. The van der Waals surface area contributed by atoms with E-state index < -0.39 is 12.3 Å². The molecule has 0 aliphatic carbocycles. The van der Waals surface area contributed by atoms with E-state index in [0.717, 1.165) is 22.3 Å². The summed E-state index contributed by atoms with van der Waals surface area (Å²) in [6, 6.07) is 0. The SMILES string of the molecule is C=C(C)CC(=C)COC(=O)OCCOCCOC(=O)OCC(=C)CC(=C)C. The number of hydrogen-bond acceptors (Lipinski definition) is 7. The van der Waals surface area contributed by atoms with E-state index in [2.05, 4.69) is 26.3 Å². The Labute approximate surface area is 161 Å². The first-order chi connectivity index (χ1) is 12.7. The van der Waals surface area contributed by atoms with E-state index in [0.29, 0.717) is 12.8 Å². The molecule has 0 atom stereocenters. The first kappa shape index (κ1) is 24.5. The Morgan fingerprint density at radius 2 is 1.00 bits per heavy atom. The normalized spacial score (nSPS) is 9.85. The maximum Gasteiger partial charge on any atom is 0.508 e. The molecule has 0 saturated heterocycles. The predicted molar refractivity (Wildman–Crippen MR) is 103 cm³/mol. The summed E-state index contributed by atoms with van der Waals surface area (Å²) in [7, 11) is 0. The number of ether oxygens (including phenoxy) is 5. The van der Waals surface area contributed by atoms with Crippen LogP contribution in [-0.2, 0) is 23.7 Å². The van der Waals surface area contributed by atoms with E-state index in [1.54, 1.807) is 0 Å². The van der Waals surface area contributed by atoms with Gasteiger partial charge < -0.3 is 23.7 Å². The first-order valence-corrected chi connectivity index (χ1v) is 8.49. The maximum atomic E-state index is 11.3. The van der Waals surface area contributed by atoms with Crippen molar-refractivity contribution in [2.45, 2.75) is 26.7 Å². The lowest BCUT2D eigenvalue weighted by molar-refractivity contribution is 0.00910. The summed E-state index contributed by atoms with van der Waals surface area (Å²) in [5.41, 5.74) is 3.35. The van der Waals surface area contributed by atoms with E-state index >= 15 is 0 Å². The molecule has 152 valence electrons. The van der Waals surface area contributed by atoms with Crippen LogP contribution < -0.4 is 0 Å². The molecule has 0 aromatic carbocycles. The minimum absolute atomic E-state index is 0.0248. The lowest BCUT2D eigenvalue weighted by atomic mass is 10.1. The van der Waals surface area contributed by atoms with Gasteiger partial charge in [0.25, 0.3) is 0 Å². The lowest BCUT2D eigenvalue weighted by Gasteiger charge is -2.09. The maximum absolute atomic E-state index is 11.3. The molecule has 0 rings (SSSR count). The van der Waals surface area contributed by atoms with E-state index in [9.17, 15) is 9.59 Å². The van der Waals surface area contributed by atoms with Gasteiger partial charge in [0.1, 0.15) is 26.4 Å². The van der Waals surface area contributed by atoms with Crippen LogP contribution in [-0.4, -0.2) is 52.0 Å². The van der Waals surface area contributed by atoms with Gasteiger partial charge in [-0.25, -0.2) is 9.59 Å². The van der Waals surface area contributed by atoms with Crippen molar-refractivity contribution in [1.82, 2.24) is 0 Å². The van der Waals surface area contributed by atoms with Gasteiger partial charge in [0.2, 0.25) is 0 Å². The van der Waals surface area contributed by atoms with Crippen LogP contribution in [0.4, 0.5) is 9.59 Å². The molecule has 0 amide bonds. The van der Waals surface area contributed by atoms with Crippen molar-refractivity contribution in [3.63, 3.8) is 0 Å². The van der Waals surface area contributed by atoms with Gasteiger partial charge in [-0.05, 0) is 37.8 Å². The van der Waals surface area contributed by atoms with Gasteiger partial charge in [0.15, 0.2) is 0 Å². The summed E-state index contributed by atoms with van der Waals surface area (Å²) < 4.78 is 24.6. The van der Waals surface area contributed by atoms with Gasteiger partial charge in [-0.3, -0.25) is 0 Å². The topological polar surface area (TPSA) is 80.3 Å². The third kappa shape index (κ3) is 16.7. The molecule has 0 aromatic heterocycles. The van der Waals surface area contributed by atoms with Crippen LogP contribution in [0.5, 0.6) is 0 Å². The van der Waals surface area contributed by atoms with E-state index in [4.69, 9.17) is 23.7 Å². The first-order valence-electron chi connectivity index (χ1n) is 8.49. The number of hydrogen-bond donors (Lipinski definition) is 0. The van der Waals surface area contributed by atoms with Crippen LogP contribution in [0.3, 0.4) is 0 Å². The molecule has 0 spiro atoms. The van der Waals surface area contributed by atoms with Gasteiger partial charge in [0, 0.05) is 0 Å². The smallest absolute Gasteiger partial charge is 0.432 e. The standard InChI is InChI=1S/C20H30O7/c1-15(2)11-17(5)13-26-19(21)24-9-7-23-8-10-25-20(22)27-14-18(6)12-16(3)4/h1,3,5-14H2,2,4H3. The second kappa shape index (κ2) is 14.6. The minimum Gasteiger partial charge on any atom is -0.432 e. The lowest BCUT2D eigenvalue weighted by Crippen LogP contribution is -2.16. The van der Waals surface area contributed by atoms with Crippen molar-refractivity contribution >= 4 is 12.3 Å². The van der Waals surface area contributed by atoms with Gasteiger partial charge in [-0.2, -0.15) is 0 Å². The monoisotopic (exact) mass is 382 g/mol. The number of allylic oxidation sites excluding steroid dienone is 2. The van der Waals surface area contributed by atoms with Crippen molar-refractivity contribution in [2.75, 3.05) is 39.6 Å². The molecular weight excluding hydrogens is 352 g/mol. The average molecular weight is 382 g/mol. The van der Waals surface area contributed by atoms with Crippen molar-refractivity contribution in [1.29, 1.82) is 0 Å². The van der Waals surface area contributed by atoms with Gasteiger partial charge in [-0.15, -0.1) is 0 Å². The van der Waals surface area contributed by atoms with Gasteiger partial charge in [0.05, 0.1) is 13.2 Å². The molecule has 0 radical (unpaired) electrons. The third-order valence-corrected chi connectivity index (χ3v) is 2.79. The molecule has 7 heteroatoms. The average Bonchev–Trinajstić information content (AvgIpc) is 2.56. The molecule has 0 aliphatic heterocycles. The minimum atomic E-state index is -0.795. The zero-order valence-electron chi connectivity index (χ0n) is 16.3. The fraction of sp³-hybridized carbons (Fsp3) is 0.500. The summed E-state index contributed by atoms with van der Waals surface area (Å²) in [6.07, 6.45) is -0.394. The molecule has 0 heterocycles. The molecule has 0 fully saturated rings. The second-order valence-electron chi connectivity index (χ2n) is 6.15. The van der Waals surface area contributed by atoms with Crippen molar-refractivity contribution in [3.05, 3.63) is 48.6 Å². The fourth-order valence-corrected chi connectivity index (χ4v) is 1.83. The number of carbonyl (C=O) groups is 2. The molecule has 0 saturated carbocycles. The number of rotatable bonds is 14. The van der Waals surface area contributed by atoms with Crippen LogP contribution in [0, 0.1) is 0 Å². The summed E-state index contributed by atoms with van der Waals surface area (Å²) in [5.74, 6) is 0. The Hall–Kier alpha value is -2.54. The summed E-state index contributed by atoms with van der Waals surface area (Å²) in [6.45, 7) is 19.3. The predicted octanol–water partition coefficient (Wildman–Crippen LogP) is 4.35. The second-order valence-corrected chi connectivity index (χ2v) is 6.15. The quantitative estimate of drug-likeness (QED) is 0.251. The molecule has 0 aliphatic rings. The van der Waals surface area contributed by atoms with Crippen LogP contribution in [0.25, 0.3) is 0 Å². The Kier molecular flexibility index (Phi) is 13.2. The highest BCUT2D eigenvalue weighted by Crippen LogP contribution is 2.07. The molecule has 7 nitrogen and oxygen atoms in total. The highest BCUT2D eigenvalue weighted by molar-refractivity contribution is 5.60. The number of carbonyl (C=O) groups excluding carboxylic acids is 2. The fourth-order valence-electron chi connectivity index (χ4n) is 1.83. The molecule has 0 aromatic rings. The molecule has 0 bridgehead atoms. The highest BCUT2D eigenvalue weighted by Gasteiger charge is 2.07. The molecular formula is C20H30O7. The van der Waals surface area contributed by atoms with Crippen LogP contribution in [0.15, 0.2) is 48.6 Å². The molecule has 0 unspecified atom stereocenters. The highest BCUT2D eigenvalue weighted by atomic mass is 16.7. The molecule has 27 heavy (non-hydrogen) atoms. The summed E-state index contributed by atoms with van der Waals surface area (Å²) >= 11 is 0.